The molecular formula is C20H18FN3O3S2. The molecule has 1 N–H and O–H groups in total. The van der Waals surface area contributed by atoms with Crippen LogP contribution < -0.4 is 5.32 Å². The van der Waals surface area contributed by atoms with Crippen LogP contribution in [0.3, 0.4) is 0 Å². The van der Waals surface area contributed by atoms with E-state index in [0.717, 1.165) is 16.7 Å². The number of thiazole rings is 1. The number of hydrogen-bond acceptors (Lipinski definition) is 5. The molecule has 0 radical (unpaired) electrons. The summed E-state index contributed by atoms with van der Waals surface area (Å²) in [7, 11) is -3.26. The van der Waals surface area contributed by atoms with E-state index in [0.29, 0.717) is 30.2 Å². The minimum absolute atomic E-state index is 0.278. The predicted octanol–water partition coefficient (Wildman–Crippen LogP) is 3.52. The van der Waals surface area contributed by atoms with E-state index in [1.165, 1.54) is 34.0 Å². The molecule has 6 nitrogen and oxygen atoms in total. The van der Waals surface area contributed by atoms with Crippen LogP contribution in [-0.4, -0.2) is 36.4 Å². The topological polar surface area (TPSA) is 79.4 Å². The summed E-state index contributed by atoms with van der Waals surface area (Å²) in [6, 6.07) is 11.4. The summed E-state index contributed by atoms with van der Waals surface area (Å²) in [4.78, 5) is 17.0. The van der Waals surface area contributed by atoms with Crippen LogP contribution in [0, 0.1) is 5.82 Å². The van der Waals surface area contributed by atoms with Crippen LogP contribution in [0.25, 0.3) is 10.6 Å². The number of hydrogen-bond donors (Lipinski definition) is 1. The van der Waals surface area contributed by atoms with Gasteiger partial charge in [0, 0.05) is 29.7 Å². The highest BCUT2D eigenvalue weighted by molar-refractivity contribution is 7.88. The molecule has 0 spiro atoms. The Morgan fingerprint density at radius 3 is 2.69 bits per heavy atom. The van der Waals surface area contributed by atoms with Gasteiger partial charge in [-0.2, -0.15) is 4.31 Å². The largest absolute Gasteiger partial charge is 0.320 e. The minimum Gasteiger partial charge on any atom is -0.320 e. The third kappa shape index (κ3) is 4.21. The zero-order valence-corrected chi connectivity index (χ0v) is 17.2. The molecule has 0 saturated heterocycles. The van der Waals surface area contributed by atoms with Crippen molar-refractivity contribution >= 4 is 33.0 Å². The minimum atomic E-state index is -3.26. The zero-order valence-electron chi connectivity index (χ0n) is 15.6. The number of nitrogens with one attached hydrogen (secondary N) is 1. The maximum atomic E-state index is 13.1. The Hall–Kier alpha value is -2.62. The fourth-order valence-electron chi connectivity index (χ4n) is 3.27. The summed E-state index contributed by atoms with van der Waals surface area (Å²) in [5.41, 5.74) is 3.50. The molecule has 150 valence electrons. The van der Waals surface area contributed by atoms with Crippen LogP contribution >= 0.6 is 11.3 Å². The van der Waals surface area contributed by atoms with Gasteiger partial charge in [-0.25, -0.2) is 17.8 Å². The molecule has 9 heteroatoms. The van der Waals surface area contributed by atoms with Gasteiger partial charge in [-0.1, -0.05) is 12.1 Å². The first-order valence-electron chi connectivity index (χ1n) is 8.90. The van der Waals surface area contributed by atoms with Gasteiger partial charge in [0.2, 0.25) is 10.0 Å². The third-order valence-electron chi connectivity index (χ3n) is 4.78. The van der Waals surface area contributed by atoms with Gasteiger partial charge in [0.25, 0.3) is 5.91 Å². The highest BCUT2D eigenvalue weighted by atomic mass is 32.2. The summed E-state index contributed by atoms with van der Waals surface area (Å²) >= 11 is 1.31. The molecule has 2 heterocycles. The zero-order chi connectivity index (χ0) is 20.6. The van der Waals surface area contributed by atoms with Gasteiger partial charge >= 0.3 is 0 Å². The molecule has 0 saturated carbocycles. The smallest absolute Gasteiger partial charge is 0.275 e. The first kappa shape index (κ1) is 19.7. The van der Waals surface area contributed by atoms with E-state index < -0.39 is 10.0 Å². The lowest BCUT2D eigenvalue weighted by molar-refractivity contribution is 0.102. The lowest BCUT2D eigenvalue weighted by atomic mass is 9.99. The Labute approximate surface area is 172 Å². The van der Waals surface area contributed by atoms with E-state index in [9.17, 15) is 17.6 Å². The normalized spacial score (nSPS) is 14.4. The summed E-state index contributed by atoms with van der Waals surface area (Å²) in [5, 5.41) is 5.19. The highest BCUT2D eigenvalue weighted by Gasteiger charge is 2.25. The Balaban J connectivity index is 1.54. The molecule has 3 aromatic rings. The number of nitrogens with zero attached hydrogens (tertiary/aromatic N) is 2. The number of carbonyl (C=O) groups excluding carboxylic acids is 1. The first-order valence-corrected chi connectivity index (χ1v) is 11.6. The number of benzene rings is 2. The standard InChI is InChI=1S/C20H18FN3O3S2/c1-29(26,27)24-10-9-16-14(11-24)3-2-4-17(16)22-19(25)18-12-28-20(23-18)13-5-7-15(21)8-6-13/h2-8,12H,9-11H2,1H3,(H,22,25). The van der Waals surface area contributed by atoms with Crippen molar-refractivity contribution in [3.05, 3.63) is 70.5 Å². The molecule has 0 unspecified atom stereocenters. The van der Waals surface area contributed by atoms with Crippen molar-refractivity contribution in [2.24, 2.45) is 0 Å². The molecule has 0 aliphatic carbocycles. The molecule has 2 aromatic carbocycles. The van der Waals surface area contributed by atoms with Crippen LogP contribution in [0.5, 0.6) is 0 Å². The summed E-state index contributed by atoms with van der Waals surface area (Å²) < 4.78 is 38.1. The quantitative estimate of drug-likeness (QED) is 0.686. The SMILES string of the molecule is CS(=O)(=O)N1CCc2c(cccc2NC(=O)c2csc(-c3ccc(F)cc3)n2)C1. The van der Waals surface area contributed by atoms with Gasteiger partial charge in [0.05, 0.1) is 6.26 Å². The summed E-state index contributed by atoms with van der Waals surface area (Å²) in [6.07, 6.45) is 1.72. The molecule has 1 amide bonds. The van der Waals surface area contributed by atoms with Crippen LogP contribution in [-0.2, 0) is 23.0 Å². The fourth-order valence-corrected chi connectivity index (χ4v) is 4.88. The molecule has 0 fully saturated rings. The van der Waals surface area contributed by atoms with E-state index in [4.69, 9.17) is 0 Å². The van der Waals surface area contributed by atoms with E-state index in [-0.39, 0.29) is 17.4 Å². The third-order valence-corrected chi connectivity index (χ3v) is 6.92. The predicted molar refractivity (Wildman–Crippen MR) is 111 cm³/mol. The number of fused-ring (bicyclic) bond motifs is 1. The molecule has 0 atom stereocenters. The Morgan fingerprint density at radius 2 is 1.97 bits per heavy atom. The molecular weight excluding hydrogens is 413 g/mol. The van der Waals surface area contributed by atoms with E-state index in [1.807, 2.05) is 6.07 Å². The first-order chi connectivity index (χ1) is 13.8. The van der Waals surface area contributed by atoms with Crippen molar-refractivity contribution < 1.29 is 17.6 Å². The van der Waals surface area contributed by atoms with Crippen molar-refractivity contribution in [3.63, 3.8) is 0 Å². The van der Waals surface area contributed by atoms with Gasteiger partial charge < -0.3 is 5.32 Å². The van der Waals surface area contributed by atoms with Crippen molar-refractivity contribution in [2.45, 2.75) is 13.0 Å². The monoisotopic (exact) mass is 431 g/mol. The van der Waals surface area contributed by atoms with Crippen molar-refractivity contribution in [2.75, 3.05) is 18.1 Å². The molecule has 0 bridgehead atoms. The number of anilines is 1. The maximum absolute atomic E-state index is 13.1. The van der Waals surface area contributed by atoms with Crippen molar-refractivity contribution in [1.29, 1.82) is 0 Å². The number of carbonyl (C=O) groups is 1. The van der Waals surface area contributed by atoms with Gasteiger partial charge in [-0.15, -0.1) is 11.3 Å². The van der Waals surface area contributed by atoms with Crippen LogP contribution in [0.15, 0.2) is 47.8 Å². The summed E-state index contributed by atoms with van der Waals surface area (Å²) in [6.45, 7) is 0.674. The van der Waals surface area contributed by atoms with Gasteiger partial charge in [-0.05, 0) is 47.9 Å². The number of rotatable bonds is 4. The Kier molecular flexibility index (Phi) is 5.20. The Morgan fingerprint density at radius 1 is 1.21 bits per heavy atom. The van der Waals surface area contributed by atoms with Crippen molar-refractivity contribution in [1.82, 2.24) is 9.29 Å². The molecule has 1 aliphatic rings. The number of halogens is 1. The van der Waals surface area contributed by atoms with Crippen LogP contribution in [0.2, 0.25) is 0 Å². The second-order valence-electron chi connectivity index (χ2n) is 6.79. The Bertz CT molecular complexity index is 1170. The highest BCUT2D eigenvalue weighted by Crippen LogP contribution is 2.28. The lowest BCUT2D eigenvalue weighted by Crippen LogP contribution is -2.35. The number of aromatic nitrogens is 1. The van der Waals surface area contributed by atoms with E-state index in [1.54, 1.807) is 29.6 Å². The summed E-state index contributed by atoms with van der Waals surface area (Å²) in [5.74, 6) is -0.667. The molecule has 29 heavy (non-hydrogen) atoms. The van der Waals surface area contributed by atoms with E-state index in [2.05, 4.69) is 10.3 Å². The van der Waals surface area contributed by atoms with Gasteiger partial charge in [0.1, 0.15) is 16.5 Å². The van der Waals surface area contributed by atoms with Crippen LogP contribution in [0.1, 0.15) is 21.6 Å². The average Bonchev–Trinajstić information content (AvgIpc) is 3.18. The average molecular weight is 432 g/mol. The van der Waals surface area contributed by atoms with Crippen molar-refractivity contribution in [3.8, 4) is 10.6 Å². The van der Waals surface area contributed by atoms with Gasteiger partial charge in [0.15, 0.2) is 0 Å². The molecule has 1 aromatic heterocycles. The maximum Gasteiger partial charge on any atom is 0.275 e. The van der Waals surface area contributed by atoms with E-state index >= 15 is 0 Å². The fraction of sp³-hybridized carbons (Fsp3) is 0.200. The number of amides is 1. The second kappa shape index (κ2) is 7.66. The molecule has 1 aliphatic heterocycles. The van der Waals surface area contributed by atoms with Gasteiger partial charge in [-0.3, -0.25) is 4.79 Å². The lowest BCUT2D eigenvalue weighted by Gasteiger charge is -2.28. The second-order valence-corrected chi connectivity index (χ2v) is 9.63. The number of sulfonamides is 1. The molecule has 4 rings (SSSR count). The van der Waals surface area contributed by atoms with Crippen LogP contribution in [0.4, 0.5) is 10.1 Å².